The predicted molar refractivity (Wildman–Crippen MR) is 115 cm³/mol. The summed E-state index contributed by atoms with van der Waals surface area (Å²) in [5.74, 6) is -0.559. The van der Waals surface area contributed by atoms with Crippen LogP contribution in [-0.2, 0) is 0 Å². The van der Waals surface area contributed by atoms with E-state index < -0.39 is 0 Å². The van der Waals surface area contributed by atoms with E-state index in [9.17, 15) is 14.9 Å². The van der Waals surface area contributed by atoms with E-state index in [2.05, 4.69) is 16.4 Å². The highest BCUT2D eigenvalue weighted by atomic mass is 16.2. The van der Waals surface area contributed by atoms with Crippen molar-refractivity contribution < 1.29 is 9.59 Å². The fourth-order valence-electron chi connectivity index (χ4n) is 3.73. The summed E-state index contributed by atoms with van der Waals surface area (Å²) in [6.45, 7) is 2.98. The van der Waals surface area contributed by atoms with Gasteiger partial charge in [-0.3, -0.25) is 14.6 Å². The number of amides is 2. The Balaban J connectivity index is 1.54. The molecular formula is C24H22N4O2. The van der Waals surface area contributed by atoms with Crippen molar-refractivity contribution in [3.63, 3.8) is 0 Å². The quantitative estimate of drug-likeness (QED) is 0.717. The third-order valence-electron chi connectivity index (χ3n) is 5.49. The number of pyridine rings is 1. The fraction of sp³-hybridized carbons (Fsp3) is 0.250. The Morgan fingerprint density at radius 1 is 1.17 bits per heavy atom. The van der Waals surface area contributed by atoms with Gasteiger partial charge in [0.2, 0.25) is 0 Å². The van der Waals surface area contributed by atoms with Gasteiger partial charge < -0.3 is 10.2 Å². The Morgan fingerprint density at radius 3 is 2.77 bits per heavy atom. The van der Waals surface area contributed by atoms with Gasteiger partial charge in [-0.1, -0.05) is 30.3 Å². The number of nitrogens with zero attached hydrogens (tertiary/aromatic N) is 3. The Labute approximate surface area is 175 Å². The zero-order valence-electron chi connectivity index (χ0n) is 16.8. The molecule has 6 nitrogen and oxygen atoms in total. The van der Waals surface area contributed by atoms with Crippen molar-refractivity contribution in [1.29, 1.82) is 5.26 Å². The van der Waals surface area contributed by atoms with Crippen LogP contribution in [0.25, 0.3) is 10.8 Å². The van der Waals surface area contributed by atoms with E-state index >= 15 is 0 Å². The Hall–Kier alpha value is -3.72. The average molecular weight is 398 g/mol. The van der Waals surface area contributed by atoms with Gasteiger partial charge in [0, 0.05) is 35.9 Å². The van der Waals surface area contributed by atoms with E-state index in [1.54, 1.807) is 29.3 Å². The molecule has 2 heterocycles. The fourth-order valence-corrected chi connectivity index (χ4v) is 3.73. The number of nitriles is 1. The molecule has 0 radical (unpaired) electrons. The van der Waals surface area contributed by atoms with Gasteiger partial charge in [-0.25, -0.2) is 0 Å². The zero-order chi connectivity index (χ0) is 21.1. The number of nitrogens with one attached hydrogen (secondary N) is 1. The monoisotopic (exact) mass is 398 g/mol. The minimum Gasteiger partial charge on any atom is -0.337 e. The zero-order valence-corrected chi connectivity index (χ0v) is 16.8. The van der Waals surface area contributed by atoms with Gasteiger partial charge in [0.1, 0.15) is 5.69 Å². The van der Waals surface area contributed by atoms with Crippen LogP contribution in [-0.4, -0.2) is 34.8 Å². The topological polar surface area (TPSA) is 86.1 Å². The van der Waals surface area contributed by atoms with Crippen LogP contribution in [0.5, 0.6) is 0 Å². The van der Waals surface area contributed by atoms with Gasteiger partial charge in [-0.2, -0.15) is 5.26 Å². The first-order chi connectivity index (χ1) is 14.5. The standard InChI is InChI=1S/C24H22N4O2/c1-16-8-9-19(24(30)28-10-4-5-17(13-25)15-28)12-21(16)27-23(29)22-11-18-6-2-3-7-20(18)14-26-22/h2-3,6-9,11-12,14,17H,4-5,10,15H2,1H3,(H,27,29). The van der Waals surface area contributed by atoms with Crippen LogP contribution < -0.4 is 5.32 Å². The third kappa shape index (κ3) is 4.01. The van der Waals surface area contributed by atoms with E-state index in [0.717, 1.165) is 29.2 Å². The molecule has 2 aromatic carbocycles. The Kier molecular flexibility index (Phi) is 5.44. The van der Waals surface area contributed by atoms with Crippen molar-refractivity contribution in [2.75, 3.05) is 18.4 Å². The number of carbonyl (C=O) groups is 2. The molecular weight excluding hydrogens is 376 g/mol. The Morgan fingerprint density at radius 2 is 1.97 bits per heavy atom. The first-order valence-electron chi connectivity index (χ1n) is 10.0. The summed E-state index contributed by atoms with van der Waals surface area (Å²) in [6.07, 6.45) is 3.33. The van der Waals surface area contributed by atoms with Crippen molar-refractivity contribution in [1.82, 2.24) is 9.88 Å². The number of fused-ring (bicyclic) bond motifs is 1. The van der Waals surface area contributed by atoms with Crippen LogP contribution in [0.1, 0.15) is 39.3 Å². The smallest absolute Gasteiger partial charge is 0.274 e. The lowest BCUT2D eigenvalue weighted by molar-refractivity contribution is 0.0698. The molecule has 0 saturated carbocycles. The SMILES string of the molecule is Cc1ccc(C(=O)N2CCCC(C#N)C2)cc1NC(=O)c1cc2ccccc2cn1. The molecule has 4 rings (SSSR count). The second-order valence-electron chi connectivity index (χ2n) is 7.62. The summed E-state index contributed by atoms with van der Waals surface area (Å²) in [6, 6.07) is 17.0. The van der Waals surface area contributed by atoms with Gasteiger partial charge in [-0.15, -0.1) is 0 Å². The summed E-state index contributed by atoms with van der Waals surface area (Å²) < 4.78 is 0. The van der Waals surface area contributed by atoms with Crippen LogP contribution in [0.3, 0.4) is 0 Å². The van der Waals surface area contributed by atoms with Gasteiger partial charge in [0.15, 0.2) is 0 Å². The molecule has 2 amide bonds. The van der Waals surface area contributed by atoms with E-state index in [1.165, 1.54) is 0 Å². The number of piperidine rings is 1. The first kappa shape index (κ1) is 19.6. The van der Waals surface area contributed by atoms with Crippen LogP contribution >= 0.6 is 0 Å². The second-order valence-corrected chi connectivity index (χ2v) is 7.62. The largest absolute Gasteiger partial charge is 0.337 e. The molecule has 1 atom stereocenters. The minimum atomic E-state index is -0.323. The maximum Gasteiger partial charge on any atom is 0.274 e. The summed E-state index contributed by atoms with van der Waals surface area (Å²) in [7, 11) is 0. The van der Waals surface area contributed by atoms with Crippen molar-refractivity contribution in [2.45, 2.75) is 19.8 Å². The molecule has 30 heavy (non-hydrogen) atoms. The van der Waals surface area contributed by atoms with Crippen molar-refractivity contribution in [3.05, 3.63) is 71.5 Å². The number of aryl methyl sites for hydroxylation is 1. The molecule has 1 unspecified atom stereocenters. The molecule has 3 aromatic rings. The lowest BCUT2D eigenvalue weighted by Crippen LogP contribution is -2.39. The summed E-state index contributed by atoms with van der Waals surface area (Å²) >= 11 is 0. The van der Waals surface area contributed by atoms with E-state index in [1.807, 2.05) is 37.3 Å². The van der Waals surface area contributed by atoms with Gasteiger partial charge in [0.05, 0.1) is 12.0 Å². The van der Waals surface area contributed by atoms with Crippen LogP contribution in [0, 0.1) is 24.2 Å². The highest BCUT2D eigenvalue weighted by Gasteiger charge is 2.24. The first-order valence-corrected chi connectivity index (χ1v) is 10.0. The van der Waals surface area contributed by atoms with Crippen LogP contribution in [0.15, 0.2) is 54.7 Å². The molecule has 1 aliphatic rings. The highest BCUT2D eigenvalue weighted by molar-refractivity contribution is 6.06. The molecule has 6 heteroatoms. The van der Waals surface area contributed by atoms with Crippen molar-refractivity contribution in [3.8, 4) is 6.07 Å². The summed E-state index contributed by atoms with van der Waals surface area (Å²) in [5.41, 5.74) is 2.25. The number of carbonyl (C=O) groups excluding carboxylic acids is 2. The lowest BCUT2D eigenvalue weighted by atomic mass is 9.98. The van der Waals surface area contributed by atoms with E-state index in [-0.39, 0.29) is 17.7 Å². The molecule has 1 N–H and O–H groups in total. The number of rotatable bonds is 3. The van der Waals surface area contributed by atoms with Crippen molar-refractivity contribution in [2.24, 2.45) is 5.92 Å². The Bertz CT molecular complexity index is 1170. The normalized spacial score (nSPS) is 16.1. The number of hydrogen-bond acceptors (Lipinski definition) is 4. The van der Waals surface area contributed by atoms with E-state index in [0.29, 0.717) is 30.0 Å². The van der Waals surface area contributed by atoms with Gasteiger partial charge >= 0.3 is 0 Å². The second kappa shape index (κ2) is 8.34. The molecule has 0 spiro atoms. The number of hydrogen-bond donors (Lipinski definition) is 1. The number of benzene rings is 2. The number of likely N-dealkylation sites (tertiary alicyclic amines) is 1. The molecule has 0 bridgehead atoms. The average Bonchev–Trinajstić information content (AvgIpc) is 2.79. The third-order valence-corrected chi connectivity index (χ3v) is 5.49. The predicted octanol–water partition coefficient (Wildman–Crippen LogP) is 4.17. The molecule has 150 valence electrons. The van der Waals surface area contributed by atoms with Crippen molar-refractivity contribution >= 4 is 28.3 Å². The van der Waals surface area contributed by atoms with Crippen LogP contribution in [0.4, 0.5) is 5.69 Å². The molecule has 1 aliphatic heterocycles. The number of aromatic nitrogens is 1. The lowest BCUT2D eigenvalue weighted by Gasteiger charge is -2.29. The van der Waals surface area contributed by atoms with Gasteiger partial charge in [-0.05, 0) is 48.9 Å². The minimum absolute atomic E-state index is 0.116. The number of anilines is 1. The highest BCUT2D eigenvalue weighted by Crippen LogP contribution is 2.22. The molecule has 1 aromatic heterocycles. The summed E-state index contributed by atoms with van der Waals surface area (Å²) in [5, 5.41) is 14.0. The van der Waals surface area contributed by atoms with E-state index in [4.69, 9.17) is 0 Å². The summed E-state index contributed by atoms with van der Waals surface area (Å²) in [4.78, 5) is 31.7. The molecule has 0 aliphatic carbocycles. The van der Waals surface area contributed by atoms with Crippen LogP contribution in [0.2, 0.25) is 0 Å². The maximum atomic E-state index is 12.9. The molecule has 1 saturated heterocycles. The molecule has 1 fully saturated rings. The van der Waals surface area contributed by atoms with Gasteiger partial charge in [0.25, 0.3) is 11.8 Å². The maximum absolute atomic E-state index is 12.9.